The summed E-state index contributed by atoms with van der Waals surface area (Å²) in [7, 11) is 0. The molecular weight excluding hydrogens is 401 g/mol. The number of ether oxygens (including phenoxy) is 1. The summed E-state index contributed by atoms with van der Waals surface area (Å²) < 4.78 is 47.9. The van der Waals surface area contributed by atoms with Crippen LogP contribution in [-0.2, 0) is 13.2 Å². The van der Waals surface area contributed by atoms with Gasteiger partial charge in [0.25, 0.3) is 0 Å². The van der Waals surface area contributed by atoms with E-state index in [0.29, 0.717) is 22.9 Å². The highest BCUT2D eigenvalue weighted by molar-refractivity contribution is 5.63. The Labute approximate surface area is 169 Å². The summed E-state index contributed by atoms with van der Waals surface area (Å²) in [6.07, 6.45) is 0.745. The number of halogens is 3. The van der Waals surface area contributed by atoms with E-state index in [1.54, 1.807) is 24.5 Å². The normalized spacial score (nSPS) is 14.3. The van der Waals surface area contributed by atoms with Crippen molar-refractivity contribution in [2.24, 2.45) is 0 Å². The molecule has 2 aromatic heterocycles. The number of nitrogens with one attached hydrogen (secondary N) is 1. The molecule has 4 rings (SSSR count). The maximum atomic E-state index is 12.3. The maximum absolute atomic E-state index is 12.3. The first-order chi connectivity index (χ1) is 14.3. The van der Waals surface area contributed by atoms with Crippen LogP contribution in [0.3, 0.4) is 0 Å². The number of pyridine rings is 1. The smallest absolute Gasteiger partial charge is 0.444 e. The molecule has 1 aliphatic carbocycles. The van der Waals surface area contributed by atoms with Gasteiger partial charge in [-0.15, -0.1) is 13.2 Å². The second kappa shape index (κ2) is 7.96. The first-order valence-corrected chi connectivity index (χ1v) is 9.26. The second-order valence-corrected chi connectivity index (χ2v) is 7.08. The van der Waals surface area contributed by atoms with Gasteiger partial charge in [-0.3, -0.25) is 5.41 Å². The van der Waals surface area contributed by atoms with Crippen LogP contribution in [0.2, 0.25) is 0 Å². The largest absolute Gasteiger partial charge is 0.573 e. The van der Waals surface area contributed by atoms with Crippen LogP contribution >= 0.6 is 0 Å². The fourth-order valence-corrected chi connectivity index (χ4v) is 3.02. The molecule has 0 spiro atoms. The fraction of sp³-hybridized carbons (Fsp3) is 0.300. The lowest BCUT2D eigenvalue weighted by atomic mass is 10.1. The Kier molecular flexibility index (Phi) is 5.35. The van der Waals surface area contributed by atoms with Crippen LogP contribution in [0.4, 0.5) is 13.2 Å². The standard InChI is InChI=1S/C20H19F3N4O3/c21-20(22,23)30-16-6-3-13(4-7-16)15-5-8-18(24)26(10-15)12-27(28)11-19-25-9-17(29-19)14-1-2-14/h3-10,14,24,28H,1-2,11-12H2. The van der Waals surface area contributed by atoms with Crippen molar-refractivity contribution in [3.63, 3.8) is 0 Å². The van der Waals surface area contributed by atoms with E-state index < -0.39 is 6.36 Å². The van der Waals surface area contributed by atoms with Gasteiger partial charge in [-0.05, 0) is 48.2 Å². The highest BCUT2D eigenvalue weighted by Crippen LogP contribution is 2.40. The zero-order valence-electron chi connectivity index (χ0n) is 15.8. The Morgan fingerprint density at radius 3 is 2.53 bits per heavy atom. The molecule has 0 radical (unpaired) electrons. The van der Waals surface area contributed by atoms with Gasteiger partial charge in [0.2, 0.25) is 5.89 Å². The molecule has 1 aromatic carbocycles. The van der Waals surface area contributed by atoms with E-state index >= 15 is 0 Å². The molecule has 3 aromatic rings. The topological polar surface area (TPSA) is 87.5 Å². The first kappa shape index (κ1) is 20.2. The number of hydroxylamine groups is 2. The number of benzene rings is 1. The molecule has 0 aliphatic heterocycles. The second-order valence-electron chi connectivity index (χ2n) is 7.08. The van der Waals surface area contributed by atoms with Gasteiger partial charge in [0.15, 0.2) is 0 Å². The average Bonchev–Trinajstić information content (AvgIpc) is 3.43. The van der Waals surface area contributed by atoms with Gasteiger partial charge in [-0.25, -0.2) is 4.98 Å². The molecule has 2 heterocycles. The van der Waals surface area contributed by atoms with Crippen molar-refractivity contribution >= 4 is 0 Å². The highest BCUT2D eigenvalue weighted by Gasteiger charge is 2.31. The lowest BCUT2D eigenvalue weighted by Crippen LogP contribution is -2.29. The van der Waals surface area contributed by atoms with Crippen molar-refractivity contribution in [1.29, 1.82) is 5.41 Å². The summed E-state index contributed by atoms with van der Waals surface area (Å²) in [5.41, 5.74) is 1.47. The Morgan fingerprint density at radius 2 is 1.87 bits per heavy atom. The van der Waals surface area contributed by atoms with Crippen LogP contribution in [0.25, 0.3) is 11.1 Å². The number of hydrogen-bond acceptors (Lipinski definition) is 6. The molecule has 1 saturated carbocycles. The van der Waals surface area contributed by atoms with Crippen molar-refractivity contribution in [3.05, 3.63) is 65.9 Å². The predicted molar refractivity (Wildman–Crippen MR) is 98.2 cm³/mol. The quantitative estimate of drug-likeness (QED) is 0.558. The Morgan fingerprint density at radius 1 is 1.17 bits per heavy atom. The highest BCUT2D eigenvalue weighted by atomic mass is 19.4. The number of alkyl halides is 3. The lowest BCUT2D eigenvalue weighted by Gasteiger charge is -2.16. The minimum Gasteiger partial charge on any atom is -0.444 e. The average molecular weight is 420 g/mol. The minimum absolute atomic E-state index is 0.0108. The van der Waals surface area contributed by atoms with Gasteiger partial charge in [-0.2, -0.15) is 5.06 Å². The number of oxazole rings is 1. The summed E-state index contributed by atoms with van der Waals surface area (Å²) in [6.45, 7) is 0.0515. The van der Waals surface area contributed by atoms with E-state index in [1.807, 2.05) is 0 Å². The maximum Gasteiger partial charge on any atom is 0.573 e. The molecule has 0 atom stereocenters. The third-order valence-electron chi connectivity index (χ3n) is 4.63. The minimum atomic E-state index is -4.75. The Bertz CT molecular complexity index is 1070. The molecule has 158 valence electrons. The molecular formula is C20H19F3N4O3. The van der Waals surface area contributed by atoms with Crippen LogP contribution in [0, 0.1) is 5.41 Å². The molecule has 1 fully saturated rings. The van der Waals surface area contributed by atoms with Crippen molar-refractivity contribution in [2.45, 2.75) is 38.3 Å². The van der Waals surface area contributed by atoms with E-state index in [1.165, 1.54) is 28.8 Å². The van der Waals surface area contributed by atoms with Crippen LogP contribution in [0.1, 0.15) is 30.4 Å². The summed E-state index contributed by atoms with van der Waals surface area (Å²) in [5.74, 6) is 1.33. The zero-order valence-corrected chi connectivity index (χ0v) is 15.8. The number of nitrogens with zero attached hydrogens (tertiary/aromatic N) is 3. The Balaban J connectivity index is 1.45. The molecule has 1 aliphatic rings. The Hall–Kier alpha value is -3.11. The van der Waals surface area contributed by atoms with Crippen LogP contribution in [0.5, 0.6) is 5.75 Å². The van der Waals surface area contributed by atoms with Crippen LogP contribution < -0.4 is 10.2 Å². The molecule has 2 N–H and O–H groups in total. The molecule has 0 saturated heterocycles. The van der Waals surface area contributed by atoms with E-state index in [9.17, 15) is 18.4 Å². The number of hydrogen-bond donors (Lipinski definition) is 2. The van der Waals surface area contributed by atoms with Crippen LogP contribution in [-0.4, -0.2) is 26.2 Å². The molecule has 0 amide bonds. The molecule has 10 heteroatoms. The van der Waals surface area contributed by atoms with E-state index in [4.69, 9.17) is 9.83 Å². The van der Waals surface area contributed by atoms with E-state index in [0.717, 1.165) is 23.7 Å². The monoisotopic (exact) mass is 420 g/mol. The van der Waals surface area contributed by atoms with E-state index in [2.05, 4.69) is 9.72 Å². The molecule has 30 heavy (non-hydrogen) atoms. The van der Waals surface area contributed by atoms with Gasteiger partial charge in [-0.1, -0.05) is 12.1 Å². The molecule has 7 nitrogen and oxygen atoms in total. The van der Waals surface area contributed by atoms with Gasteiger partial charge in [0.05, 0.1) is 6.20 Å². The fourth-order valence-electron chi connectivity index (χ4n) is 3.02. The van der Waals surface area contributed by atoms with Gasteiger partial charge >= 0.3 is 6.36 Å². The third kappa shape index (κ3) is 5.08. The van der Waals surface area contributed by atoms with Gasteiger partial charge in [0, 0.05) is 12.1 Å². The zero-order chi connectivity index (χ0) is 21.3. The van der Waals surface area contributed by atoms with Crippen LogP contribution in [0.15, 0.2) is 53.2 Å². The third-order valence-corrected chi connectivity index (χ3v) is 4.63. The van der Waals surface area contributed by atoms with Gasteiger partial charge in [0.1, 0.15) is 30.2 Å². The number of aromatic nitrogens is 2. The first-order valence-electron chi connectivity index (χ1n) is 9.26. The molecule has 0 bridgehead atoms. The molecule has 0 unspecified atom stereocenters. The lowest BCUT2D eigenvalue weighted by molar-refractivity contribution is -0.274. The number of rotatable bonds is 7. The predicted octanol–water partition coefficient (Wildman–Crippen LogP) is 4.25. The summed E-state index contributed by atoms with van der Waals surface area (Å²) in [6, 6.07) is 8.65. The van der Waals surface area contributed by atoms with Gasteiger partial charge < -0.3 is 18.9 Å². The SMILES string of the molecule is N=c1ccc(-c2ccc(OC(F)(F)F)cc2)cn1CN(O)Cc1ncc(C2CC2)o1. The summed E-state index contributed by atoms with van der Waals surface area (Å²) in [4.78, 5) is 4.16. The van der Waals surface area contributed by atoms with Crippen molar-refractivity contribution in [1.82, 2.24) is 14.6 Å². The summed E-state index contributed by atoms with van der Waals surface area (Å²) in [5, 5.41) is 19.3. The van der Waals surface area contributed by atoms with E-state index in [-0.39, 0.29) is 24.5 Å². The van der Waals surface area contributed by atoms with Crippen molar-refractivity contribution < 1.29 is 27.5 Å². The van der Waals surface area contributed by atoms with Crippen molar-refractivity contribution in [3.8, 4) is 16.9 Å². The van der Waals surface area contributed by atoms with Crippen molar-refractivity contribution in [2.75, 3.05) is 0 Å². The summed E-state index contributed by atoms with van der Waals surface area (Å²) >= 11 is 0.